The van der Waals surface area contributed by atoms with Gasteiger partial charge in [0.05, 0.1) is 0 Å². The van der Waals surface area contributed by atoms with Gasteiger partial charge in [0, 0.05) is 25.7 Å². The van der Waals surface area contributed by atoms with Crippen molar-refractivity contribution < 1.29 is 9.32 Å². The average Bonchev–Trinajstić information content (AvgIpc) is 2.83. The third-order valence-corrected chi connectivity index (χ3v) is 2.91. The van der Waals surface area contributed by atoms with Gasteiger partial charge >= 0.3 is 0 Å². The van der Waals surface area contributed by atoms with Gasteiger partial charge in [-0.25, -0.2) is 0 Å². The fourth-order valence-corrected chi connectivity index (χ4v) is 2.01. The molecule has 0 aliphatic carbocycles. The summed E-state index contributed by atoms with van der Waals surface area (Å²) < 4.78 is 4.66. The minimum absolute atomic E-state index is 0.0823. The monoisotopic (exact) mass is 223 g/mol. The number of amides is 1. The van der Waals surface area contributed by atoms with Crippen molar-refractivity contribution in [1.82, 2.24) is 15.4 Å². The number of rotatable bonds is 3. The molecule has 0 aromatic carbocycles. The number of carbonyl (C=O) groups excluding carboxylic acids is 1. The molecule has 1 fully saturated rings. The van der Waals surface area contributed by atoms with E-state index < -0.39 is 0 Å². The Hall–Kier alpha value is -1.36. The van der Waals surface area contributed by atoms with Crippen LogP contribution in [0.4, 0.5) is 0 Å². The fraction of sp³-hybridized carbons (Fsp3) is 0.636. The van der Waals surface area contributed by atoms with Crippen LogP contribution in [0, 0.1) is 0 Å². The molecule has 0 saturated carbocycles. The zero-order valence-electron chi connectivity index (χ0n) is 9.48. The van der Waals surface area contributed by atoms with Crippen LogP contribution in [0.15, 0.2) is 16.9 Å². The Balaban J connectivity index is 1.87. The topological polar surface area (TPSA) is 58.4 Å². The van der Waals surface area contributed by atoms with E-state index in [1.165, 1.54) is 19.1 Å². The molecule has 5 nitrogen and oxygen atoms in total. The second-order valence-corrected chi connectivity index (χ2v) is 4.22. The van der Waals surface area contributed by atoms with Crippen LogP contribution in [0.2, 0.25) is 0 Å². The summed E-state index contributed by atoms with van der Waals surface area (Å²) in [7, 11) is 1.80. The van der Waals surface area contributed by atoms with Crippen molar-refractivity contribution in [3.8, 4) is 0 Å². The summed E-state index contributed by atoms with van der Waals surface area (Å²) in [6.07, 6.45) is 5.03. The number of carbonyl (C=O) groups is 1. The standard InChI is InChI=1S/C11H17N3O2/c1-14(8-9-4-2-3-6-12-9)11(15)10-5-7-16-13-10/h5,7,9,12H,2-4,6,8H2,1H3. The third kappa shape index (κ3) is 2.61. The van der Waals surface area contributed by atoms with E-state index in [9.17, 15) is 4.79 Å². The Morgan fingerprint density at radius 1 is 1.69 bits per heavy atom. The molecule has 1 unspecified atom stereocenters. The first-order valence-electron chi connectivity index (χ1n) is 5.66. The van der Waals surface area contributed by atoms with Crippen LogP contribution in [0.1, 0.15) is 29.8 Å². The van der Waals surface area contributed by atoms with Gasteiger partial charge < -0.3 is 14.7 Å². The Morgan fingerprint density at radius 2 is 2.56 bits per heavy atom. The minimum atomic E-state index is -0.0823. The molecule has 1 N–H and O–H groups in total. The van der Waals surface area contributed by atoms with Crippen molar-refractivity contribution in [2.75, 3.05) is 20.1 Å². The molecule has 5 heteroatoms. The highest BCUT2D eigenvalue weighted by Gasteiger charge is 2.19. The van der Waals surface area contributed by atoms with Crippen LogP contribution in [0.3, 0.4) is 0 Å². The predicted molar refractivity (Wildman–Crippen MR) is 59.1 cm³/mol. The Morgan fingerprint density at radius 3 is 3.19 bits per heavy atom. The van der Waals surface area contributed by atoms with Gasteiger partial charge in [-0.1, -0.05) is 11.6 Å². The molecule has 0 spiro atoms. The Labute approximate surface area is 94.8 Å². The van der Waals surface area contributed by atoms with Gasteiger partial charge in [0.25, 0.3) is 5.91 Å². The highest BCUT2D eigenvalue weighted by molar-refractivity contribution is 5.91. The van der Waals surface area contributed by atoms with Crippen molar-refractivity contribution >= 4 is 5.91 Å². The summed E-state index contributed by atoms with van der Waals surface area (Å²) in [6.45, 7) is 1.78. The first-order chi connectivity index (χ1) is 7.77. The second kappa shape index (κ2) is 5.12. The summed E-state index contributed by atoms with van der Waals surface area (Å²) in [5.41, 5.74) is 0.373. The fourth-order valence-electron chi connectivity index (χ4n) is 2.01. The smallest absolute Gasteiger partial charge is 0.275 e. The van der Waals surface area contributed by atoms with Crippen LogP contribution in [0.25, 0.3) is 0 Å². The van der Waals surface area contributed by atoms with Crippen LogP contribution in [-0.2, 0) is 0 Å². The molecule has 1 aliphatic rings. The maximum atomic E-state index is 11.9. The molecule has 16 heavy (non-hydrogen) atoms. The van der Waals surface area contributed by atoms with E-state index in [-0.39, 0.29) is 5.91 Å². The normalized spacial score (nSPS) is 20.7. The first kappa shape index (κ1) is 11.1. The molecule has 1 saturated heterocycles. The maximum absolute atomic E-state index is 11.9. The number of piperidine rings is 1. The van der Waals surface area contributed by atoms with Gasteiger partial charge in [0.1, 0.15) is 6.26 Å². The van der Waals surface area contributed by atoms with Crippen LogP contribution >= 0.6 is 0 Å². The van der Waals surface area contributed by atoms with Crippen LogP contribution in [-0.4, -0.2) is 42.1 Å². The summed E-state index contributed by atoms with van der Waals surface area (Å²) in [6, 6.07) is 2.00. The summed E-state index contributed by atoms with van der Waals surface area (Å²) >= 11 is 0. The quantitative estimate of drug-likeness (QED) is 0.826. The lowest BCUT2D eigenvalue weighted by atomic mass is 10.0. The predicted octanol–water partition coefficient (Wildman–Crippen LogP) is 0.889. The van der Waals surface area contributed by atoms with Gasteiger partial charge in [0.15, 0.2) is 5.69 Å². The number of aromatic nitrogens is 1. The lowest BCUT2D eigenvalue weighted by molar-refractivity contribution is 0.0765. The molecule has 1 aromatic rings. The Kier molecular flexibility index (Phi) is 3.56. The SMILES string of the molecule is CN(CC1CCCCN1)C(=O)c1ccon1. The Bertz CT molecular complexity index is 331. The molecule has 2 heterocycles. The molecule has 1 aromatic heterocycles. The van der Waals surface area contributed by atoms with E-state index >= 15 is 0 Å². The third-order valence-electron chi connectivity index (χ3n) is 2.91. The number of hydrogen-bond donors (Lipinski definition) is 1. The van der Waals surface area contributed by atoms with Crippen LogP contribution in [0.5, 0.6) is 0 Å². The summed E-state index contributed by atoms with van der Waals surface area (Å²) in [5.74, 6) is -0.0823. The van der Waals surface area contributed by atoms with Crippen molar-refractivity contribution in [2.24, 2.45) is 0 Å². The van der Waals surface area contributed by atoms with Gasteiger partial charge in [-0.15, -0.1) is 0 Å². The lowest BCUT2D eigenvalue weighted by Crippen LogP contribution is -2.44. The molecule has 1 atom stereocenters. The van der Waals surface area contributed by atoms with Crippen molar-refractivity contribution in [1.29, 1.82) is 0 Å². The van der Waals surface area contributed by atoms with E-state index in [0.717, 1.165) is 19.5 Å². The highest BCUT2D eigenvalue weighted by atomic mass is 16.5. The second-order valence-electron chi connectivity index (χ2n) is 4.22. The highest BCUT2D eigenvalue weighted by Crippen LogP contribution is 2.09. The molecule has 1 amide bonds. The van der Waals surface area contributed by atoms with Gasteiger partial charge in [0.2, 0.25) is 0 Å². The molecule has 88 valence electrons. The number of likely N-dealkylation sites (N-methyl/N-ethyl adjacent to an activating group) is 1. The molecule has 1 aliphatic heterocycles. The van der Waals surface area contributed by atoms with E-state index in [2.05, 4.69) is 15.0 Å². The lowest BCUT2D eigenvalue weighted by Gasteiger charge is -2.27. The van der Waals surface area contributed by atoms with Gasteiger partial charge in [-0.05, 0) is 19.4 Å². The zero-order chi connectivity index (χ0) is 11.4. The van der Waals surface area contributed by atoms with E-state index in [1.54, 1.807) is 18.0 Å². The molecule has 0 radical (unpaired) electrons. The van der Waals surface area contributed by atoms with Crippen molar-refractivity contribution in [2.45, 2.75) is 25.3 Å². The summed E-state index contributed by atoms with van der Waals surface area (Å²) in [4.78, 5) is 13.6. The molecular formula is C11H17N3O2. The van der Waals surface area contributed by atoms with Crippen molar-refractivity contribution in [3.63, 3.8) is 0 Å². The number of nitrogens with zero attached hydrogens (tertiary/aromatic N) is 2. The maximum Gasteiger partial charge on any atom is 0.275 e. The first-order valence-corrected chi connectivity index (χ1v) is 5.66. The number of nitrogens with one attached hydrogen (secondary N) is 1. The number of hydrogen-bond acceptors (Lipinski definition) is 4. The molecular weight excluding hydrogens is 206 g/mol. The van der Waals surface area contributed by atoms with E-state index in [0.29, 0.717) is 11.7 Å². The van der Waals surface area contributed by atoms with Crippen LogP contribution < -0.4 is 5.32 Å². The average molecular weight is 223 g/mol. The van der Waals surface area contributed by atoms with Gasteiger partial charge in [-0.3, -0.25) is 4.79 Å². The largest absolute Gasteiger partial charge is 0.364 e. The molecule has 2 rings (SSSR count). The zero-order valence-corrected chi connectivity index (χ0v) is 9.48. The molecule has 0 bridgehead atoms. The van der Waals surface area contributed by atoms with Crippen molar-refractivity contribution in [3.05, 3.63) is 18.0 Å². The summed E-state index contributed by atoms with van der Waals surface area (Å²) in [5, 5.41) is 7.06. The van der Waals surface area contributed by atoms with E-state index in [1.807, 2.05) is 0 Å². The minimum Gasteiger partial charge on any atom is -0.364 e. The van der Waals surface area contributed by atoms with Gasteiger partial charge in [-0.2, -0.15) is 0 Å². The van der Waals surface area contributed by atoms with E-state index in [4.69, 9.17) is 0 Å².